The molecule has 0 aliphatic carbocycles. The van der Waals surface area contributed by atoms with E-state index < -0.39 is 0 Å². The number of hydrogen-bond acceptors (Lipinski definition) is 1. The lowest BCUT2D eigenvalue weighted by Gasteiger charge is -2.28. The maximum Gasteiger partial charge on any atom is 0.238 e. The minimum atomic E-state index is 0.167. The van der Waals surface area contributed by atoms with Gasteiger partial charge in [0.25, 0.3) is 0 Å². The van der Waals surface area contributed by atoms with E-state index in [0.717, 1.165) is 0 Å². The van der Waals surface area contributed by atoms with Crippen molar-refractivity contribution in [2.45, 2.75) is 25.9 Å². The summed E-state index contributed by atoms with van der Waals surface area (Å²) in [5, 5.41) is 3.75. The number of aryl methyl sites for hydroxylation is 1. The molecule has 2 nitrogen and oxygen atoms in total. The topological polar surface area (TPSA) is 15.0 Å². The van der Waals surface area contributed by atoms with Crippen LogP contribution in [0, 0.1) is 6.92 Å². The zero-order valence-corrected chi connectivity index (χ0v) is 14.7. The van der Waals surface area contributed by atoms with Crippen molar-refractivity contribution in [2.24, 2.45) is 0 Å². The zero-order valence-electron chi connectivity index (χ0n) is 14.7. The third-order valence-corrected chi connectivity index (χ3v) is 4.97. The molecule has 0 amide bonds. The Morgan fingerprint density at radius 1 is 0.840 bits per heavy atom. The largest absolute Gasteiger partial charge is 0.327 e. The van der Waals surface area contributed by atoms with Crippen molar-refractivity contribution in [1.82, 2.24) is 0 Å². The van der Waals surface area contributed by atoms with E-state index >= 15 is 0 Å². The highest BCUT2D eigenvalue weighted by atomic mass is 15.2. The van der Waals surface area contributed by atoms with E-state index in [1.54, 1.807) is 0 Å². The lowest BCUT2D eigenvalue weighted by atomic mass is 9.95. The van der Waals surface area contributed by atoms with Gasteiger partial charge in [-0.3, -0.25) is 0 Å². The molecule has 0 saturated heterocycles. The molecule has 0 aromatic heterocycles. The number of hydrogen-bond donors (Lipinski definition) is 1. The Bertz CT molecular complexity index is 895. The lowest BCUT2D eigenvalue weighted by molar-refractivity contribution is -0.477. The molecule has 1 aliphatic rings. The van der Waals surface area contributed by atoms with Crippen LogP contribution in [0.5, 0.6) is 0 Å². The summed E-state index contributed by atoms with van der Waals surface area (Å²) in [7, 11) is 0. The smallest absolute Gasteiger partial charge is 0.238 e. The number of rotatable bonds is 3. The fraction of sp³-hybridized carbons (Fsp3) is 0.174. The van der Waals surface area contributed by atoms with Crippen molar-refractivity contribution < 1.29 is 4.58 Å². The summed E-state index contributed by atoms with van der Waals surface area (Å²) in [6.45, 7) is 4.41. The van der Waals surface area contributed by atoms with Crippen molar-refractivity contribution in [3.05, 3.63) is 95.6 Å². The molecule has 124 valence electrons. The van der Waals surface area contributed by atoms with E-state index in [4.69, 9.17) is 0 Å². The van der Waals surface area contributed by atoms with Crippen LogP contribution in [-0.4, -0.2) is 17.0 Å². The molecule has 2 atom stereocenters. The summed E-state index contributed by atoms with van der Waals surface area (Å²) < 4.78 is 2.36. The third-order valence-electron chi connectivity index (χ3n) is 4.97. The van der Waals surface area contributed by atoms with E-state index in [-0.39, 0.29) is 6.17 Å². The van der Waals surface area contributed by atoms with Crippen LogP contribution in [-0.2, 0) is 0 Å². The van der Waals surface area contributed by atoms with Crippen LogP contribution in [0.2, 0.25) is 0 Å². The Morgan fingerprint density at radius 3 is 2.28 bits per heavy atom. The molecule has 3 aromatic rings. The van der Waals surface area contributed by atoms with Gasteiger partial charge in [-0.1, -0.05) is 60.2 Å². The van der Waals surface area contributed by atoms with Crippen LogP contribution in [0.15, 0.2) is 78.9 Å². The van der Waals surface area contributed by atoms with E-state index in [1.807, 2.05) is 0 Å². The quantitative estimate of drug-likeness (QED) is 0.644. The Morgan fingerprint density at radius 2 is 1.52 bits per heavy atom. The second-order valence-corrected chi connectivity index (χ2v) is 6.75. The van der Waals surface area contributed by atoms with Crippen LogP contribution < -0.4 is 5.32 Å². The van der Waals surface area contributed by atoms with E-state index in [0.29, 0.717) is 5.92 Å². The van der Waals surface area contributed by atoms with Gasteiger partial charge >= 0.3 is 0 Å². The Labute approximate surface area is 149 Å². The van der Waals surface area contributed by atoms with Crippen LogP contribution >= 0.6 is 0 Å². The molecule has 1 aliphatic heterocycles. The van der Waals surface area contributed by atoms with Crippen molar-refractivity contribution in [2.75, 3.05) is 5.32 Å². The van der Waals surface area contributed by atoms with Crippen LogP contribution in [0.25, 0.3) is 0 Å². The maximum absolute atomic E-state index is 3.75. The molecule has 2 heteroatoms. The molecule has 3 aromatic carbocycles. The number of benzene rings is 3. The molecular weight excluding hydrogens is 304 g/mol. The van der Waals surface area contributed by atoms with Gasteiger partial charge in [-0.25, -0.2) is 0 Å². The molecule has 4 rings (SSSR count). The first kappa shape index (κ1) is 15.6. The van der Waals surface area contributed by atoms with Gasteiger partial charge in [-0.05, 0) is 31.5 Å². The molecule has 0 saturated carbocycles. The molecule has 0 spiro atoms. The predicted molar refractivity (Wildman–Crippen MR) is 105 cm³/mol. The van der Waals surface area contributed by atoms with Gasteiger partial charge in [0.2, 0.25) is 11.9 Å². The van der Waals surface area contributed by atoms with Crippen molar-refractivity contribution in [3.8, 4) is 0 Å². The van der Waals surface area contributed by atoms with Gasteiger partial charge in [0.1, 0.15) is 0 Å². The van der Waals surface area contributed by atoms with Crippen LogP contribution in [0.4, 0.5) is 11.4 Å². The van der Waals surface area contributed by atoms with Crippen molar-refractivity contribution in [3.63, 3.8) is 0 Å². The van der Waals surface area contributed by atoms with Gasteiger partial charge in [0.15, 0.2) is 6.21 Å². The van der Waals surface area contributed by atoms with Crippen LogP contribution in [0.3, 0.4) is 0 Å². The Kier molecular flexibility index (Phi) is 4.10. The number of nitrogens with one attached hydrogen (secondary N) is 1. The summed E-state index contributed by atoms with van der Waals surface area (Å²) in [6, 6.07) is 28.0. The second-order valence-electron chi connectivity index (χ2n) is 6.75. The normalized spacial score (nSPS) is 17.2. The molecule has 0 bridgehead atoms. The van der Waals surface area contributed by atoms with Gasteiger partial charge in [0, 0.05) is 12.1 Å². The first-order chi connectivity index (χ1) is 12.2. The molecule has 0 fully saturated rings. The van der Waals surface area contributed by atoms with Crippen LogP contribution in [0.1, 0.15) is 29.5 Å². The summed E-state index contributed by atoms with van der Waals surface area (Å²) >= 11 is 0. The standard InChI is InChI=1S/C23H22N2/c1-17-12-14-21(15-13-17)25-16-20-10-6-7-11-22(20)24-23(25)18(2)19-8-4-3-5-9-19/h3-16,18,23H,1-2H3/p+1/t18-,23?/m1/s1. The highest BCUT2D eigenvalue weighted by molar-refractivity contribution is 5.86. The molecule has 0 radical (unpaired) electrons. The predicted octanol–water partition coefficient (Wildman–Crippen LogP) is 5.31. The fourth-order valence-corrected chi connectivity index (χ4v) is 3.46. The van der Waals surface area contributed by atoms with E-state index in [9.17, 15) is 0 Å². The summed E-state index contributed by atoms with van der Waals surface area (Å²) in [5.41, 5.74) is 6.24. The zero-order chi connectivity index (χ0) is 17.2. The average Bonchev–Trinajstić information content (AvgIpc) is 2.68. The molecule has 1 heterocycles. The van der Waals surface area contributed by atoms with Crippen molar-refractivity contribution >= 4 is 17.6 Å². The SMILES string of the molecule is Cc1ccc([N+]2=Cc3ccccc3NC2[C@H](C)c2ccccc2)cc1. The Balaban J connectivity index is 1.80. The highest BCUT2D eigenvalue weighted by Crippen LogP contribution is 2.31. The monoisotopic (exact) mass is 327 g/mol. The highest BCUT2D eigenvalue weighted by Gasteiger charge is 2.34. The number of fused-ring (bicyclic) bond motifs is 1. The van der Waals surface area contributed by atoms with E-state index in [1.165, 1.54) is 28.1 Å². The second kappa shape index (κ2) is 6.56. The van der Waals surface area contributed by atoms with Gasteiger partial charge in [-0.2, -0.15) is 4.58 Å². The minimum absolute atomic E-state index is 0.167. The van der Waals surface area contributed by atoms with E-state index in [2.05, 4.69) is 109 Å². The first-order valence-corrected chi connectivity index (χ1v) is 8.83. The van der Waals surface area contributed by atoms with Gasteiger partial charge in [0.05, 0.1) is 17.2 Å². The molecule has 25 heavy (non-hydrogen) atoms. The van der Waals surface area contributed by atoms with Crippen molar-refractivity contribution in [1.29, 1.82) is 0 Å². The lowest BCUT2D eigenvalue weighted by Crippen LogP contribution is -2.39. The summed E-state index contributed by atoms with van der Waals surface area (Å²) in [5.74, 6) is 0.340. The molecule has 1 N–H and O–H groups in total. The first-order valence-electron chi connectivity index (χ1n) is 8.83. The number of nitrogens with zero attached hydrogens (tertiary/aromatic N) is 1. The maximum atomic E-state index is 3.75. The van der Waals surface area contributed by atoms with Gasteiger partial charge < -0.3 is 5.32 Å². The molecule has 1 unspecified atom stereocenters. The third kappa shape index (κ3) is 3.08. The average molecular weight is 327 g/mol. The minimum Gasteiger partial charge on any atom is -0.327 e. The summed E-state index contributed by atoms with van der Waals surface area (Å²) in [6.07, 6.45) is 2.43. The number of anilines is 1. The number of para-hydroxylation sites is 1. The Hall–Kier alpha value is -2.87. The summed E-state index contributed by atoms with van der Waals surface area (Å²) in [4.78, 5) is 0. The van der Waals surface area contributed by atoms with Gasteiger partial charge in [-0.15, -0.1) is 0 Å². The molecular formula is C23H23N2+. The fourth-order valence-electron chi connectivity index (χ4n) is 3.46.